The molecule has 0 saturated carbocycles. The monoisotopic (exact) mass is 418 g/mol. The lowest BCUT2D eigenvalue weighted by Gasteiger charge is -2.32. The molecular weight excluding hydrogens is 391 g/mol. The highest BCUT2D eigenvalue weighted by Crippen LogP contribution is 2.26. The summed E-state index contributed by atoms with van der Waals surface area (Å²) < 4.78 is 41.2. The van der Waals surface area contributed by atoms with Crippen LogP contribution in [0, 0.1) is 25.6 Å². The molecule has 2 aromatic rings. The zero-order chi connectivity index (χ0) is 21.2. The zero-order valence-corrected chi connectivity index (χ0v) is 17.9. The summed E-state index contributed by atoms with van der Waals surface area (Å²) in [6, 6.07) is 11.6. The van der Waals surface area contributed by atoms with E-state index in [1.54, 1.807) is 37.4 Å². The number of aryl methyl sites for hydroxylation is 2. The van der Waals surface area contributed by atoms with Crippen LogP contribution in [0.15, 0.2) is 47.4 Å². The Labute approximate surface area is 172 Å². The van der Waals surface area contributed by atoms with Gasteiger partial charge in [0.15, 0.2) is 0 Å². The number of sulfonamides is 1. The van der Waals surface area contributed by atoms with Crippen LogP contribution >= 0.6 is 0 Å². The number of piperidine rings is 1. The molecule has 7 heteroatoms. The van der Waals surface area contributed by atoms with Crippen molar-refractivity contribution in [3.63, 3.8) is 0 Å². The minimum atomic E-state index is -3.57. The summed E-state index contributed by atoms with van der Waals surface area (Å²) in [5.74, 6) is -0.657. The van der Waals surface area contributed by atoms with E-state index in [-0.39, 0.29) is 24.2 Å². The second-order valence-electron chi connectivity index (χ2n) is 7.71. The molecule has 0 spiro atoms. The highest BCUT2D eigenvalue weighted by atomic mass is 32.2. The van der Waals surface area contributed by atoms with Crippen molar-refractivity contribution in [2.45, 2.75) is 38.1 Å². The molecule has 1 saturated heterocycles. The minimum Gasteiger partial charge on any atom is -0.341 e. The molecule has 0 radical (unpaired) electrons. The zero-order valence-electron chi connectivity index (χ0n) is 17.1. The van der Waals surface area contributed by atoms with E-state index in [9.17, 15) is 17.6 Å². The summed E-state index contributed by atoms with van der Waals surface area (Å²) >= 11 is 0. The fourth-order valence-corrected chi connectivity index (χ4v) is 5.19. The smallest absolute Gasteiger partial charge is 0.243 e. The normalized spacial score (nSPS) is 16.0. The van der Waals surface area contributed by atoms with Crippen molar-refractivity contribution in [2.75, 3.05) is 20.1 Å². The Balaban J connectivity index is 1.62. The number of rotatable bonds is 5. The van der Waals surface area contributed by atoms with Crippen LogP contribution in [0.25, 0.3) is 0 Å². The van der Waals surface area contributed by atoms with Crippen LogP contribution in [0.5, 0.6) is 0 Å². The standard InChI is InChI=1S/C22H27FN2O3S/c1-16-8-9-20(14-17(16)2)29(27,28)25-12-10-18(11-13-25)22(26)24(3)15-19-6-4-5-7-21(19)23/h4-9,14,18H,10-13,15H2,1-3H3. The predicted octanol–water partition coefficient (Wildman–Crippen LogP) is 3.50. The number of amides is 1. The number of benzene rings is 2. The Bertz CT molecular complexity index is 999. The van der Waals surface area contributed by atoms with E-state index in [0.29, 0.717) is 36.4 Å². The van der Waals surface area contributed by atoms with Crippen LogP contribution < -0.4 is 0 Å². The topological polar surface area (TPSA) is 57.7 Å². The number of hydrogen-bond acceptors (Lipinski definition) is 3. The van der Waals surface area contributed by atoms with E-state index in [4.69, 9.17) is 0 Å². The van der Waals surface area contributed by atoms with Gasteiger partial charge < -0.3 is 4.90 Å². The maximum absolute atomic E-state index is 13.8. The Morgan fingerprint density at radius 3 is 2.38 bits per heavy atom. The molecule has 0 aromatic heterocycles. The van der Waals surface area contributed by atoms with Crippen molar-refractivity contribution in [1.82, 2.24) is 9.21 Å². The maximum atomic E-state index is 13.8. The van der Waals surface area contributed by atoms with Gasteiger partial charge in [-0.1, -0.05) is 24.3 Å². The van der Waals surface area contributed by atoms with Gasteiger partial charge in [0, 0.05) is 38.2 Å². The van der Waals surface area contributed by atoms with E-state index < -0.39 is 10.0 Å². The first-order valence-electron chi connectivity index (χ1n) is 9.76. The van der Waals surface area contributed by atoms with Crippen molar-refractivity contribution >= 4 is 15.9 Å². The average molecular weight is 419 g/mol. The SMILES string of the molecule is Cc1ccc(S(=O)(=O)N2CCC(C(=O)N(C)Cc3ccccc3F)CC2)cc1C. The Hall–Kier alpha value is -2.25. The number of carbonyl (C=O) groups excluding carboxylic acids is 1. The molecule has 0 aliphatic carbocycles. The quantitative estimate of drug-likeness (QED) is 0.747. The van der Waals surface area contributed by atoms with Gasteiger partial charge >= 0.3 is 0 Å². The lowest BCUT2D eigenvalue weighted by atomic mass is 9.96. The number of carbonyl (C=O) groups is 1. The molecule has 2 aromatic carbocycles. The molecule has 29 heavy (non-hydrogen) atoms. The molecule has 1 heterocycles. The fraction of sp³-hybridized carbons (Fsp3) is 0.409. The van der Waals surface area contributed by atoms with Crippen LogP contribution in [0.1, 0.15) is 29.5 Å². The molecule has 0 N–H and O–H groups in total. The summed E-state index contributed by atoms with van der Waals surface area (Å²) in [6.45, 7) is 4.65. The summed E-state index contributed by atoms with van der Waals surface area (Å²) in [7, 11) is -1.91. The molecular formula is C22H27FN2O3S. The Morgan fingerprint density at radius 1 is 1.10 bits per heavy atom. The molecule has 1 aliphatic rings. The van der Waals surface area contributed by atoms with E-state index in [0.717, 1.165) is 11.1 Å². The van der Waals surface area contributed by atoms with Gasteiger partial charge in [0.2, 0.25) is 15.9 Å². The minimum absolute atomic E-state index is 0.0727. The van der Waals surface area contributed by atoms with E-state index in [1.165, 1.54) is 15.3 Å². The van der Waals surface area contributed by atoms with Crippen LogP contribution in [0.4, 0.5) is 4.39 Å². The highest BCUT2D eigenvalue weighted by Gasteiger charge is 2.33. The van der Waals surface area contributed by atoms with Crippen LogP contribution in [0.3, 0.4) is 0 Å². The third-order valence-corrected chi connectivity index (χ3v) is 7.56. The van der Waals surface area contributed by atoms with Crippen LogP contribution in [-0.4, -0.2) is 43.7 Å². The lowest BCUT2D eigenvalue weighted by molar-refractivity contribution is -0.136. The van der Waals surface area contributed by atoms with Crippen LogP contribution in [-0.2, 0) is 21.4 Å². The van der Waals surface area contributed by atoms with E-state index in [1.807, 2.05) is 19.9 Å². The molecule has 1 aliphatic heterocycles. The van der Waals surface area contributed by atoms with Crippen molar-refractivity contribution in [1.29, 1.82) is 0 Å². The van der Waals surface area contributed by atoms with Gasteiger partial charge in [-0.15, -0.1) is 0 Å². The Morgan fingerprint density at radius 2 is 1.76 bits per heavy atom. The van der Waals surface area contributed by atoms with Crippen molar-refractivity contribution in [3.8, 4) is 0 Å². The second kappa shape index (κ2) is 8.63. The van der Waals surface area contributed by atoms with E-state index in [2.05, 4.69) is 0 Å². The molecule has 1 amide bonds. The van der Waals surface area contributed by atoms with Crippen molar-refractivity contribution in [3.05, 3.63) is 65.0 Å². The van der Waals surface area contributed by atoms with Gasteiger partial charge in [0.05, 0.1) is 4.90 Å². The van der Waals surface area contributed by atoms with Gasteiger partial charge in [0.25, 0.3) is 0 Å². The van der Waals surface area contributed by atoms with Gasteiger partial charge in [-0.2, -0.15) is 4.31 Å². The van der Waals surface area contributed by atoms with Gasteiger partial charge in [-0.05, 0) is 56.0 Å². The summed E-state index contributed by atoms with van der Waals surface area (Å²) in [5.41, 5.74) is 2.45. The van der Waals surface area contributed by atoms with Gasteiger partial charge in [-0.25, -0.2) is 12.8 Å². The molecule has 0 unspecified atom stereocenters. The third kappa shape index (κ3) is 4.67. The molecule has 5 nitrogen and oxygen atoms in total. The highest BCUT2D eigenvalue weighted by molar-refractivity contribution is 7.89. The molecule has 0 bridgehead atoms. The summed E-state index contributed by atoms with van der Waals surface area (Å²) in [6.07, 6.45) is 0.926. The van der Waals surface area contributed by atoms with E-state index >= 15 is 0 Å². The first-order valence-corrected chi connectivity index (χ1v) is 11.2. The summed E-state index contributed by atoms with van der Waals surface area (Å²) in [4.78, 5) is 14.6. The van der Waals surface area contributed by atoms with Gasteiger partial charge in [-0.3, -0.25) is 4.79 Å². The molecule has 1 fully saturated rings. The largest absolute Gasteiger partial charge is 0.341 e. The first-order chi connectivity index (χ1) is 13.7. The predicted molar refractivity (Wildman–Crippen MR) is 110 cm³/mol. The van der Waals surface area contributed by atoms with Crippen molar-refractivity contribution in [2.24, 2.45) is 5.92 Å². The number of hydrogen-bond donors (Lipinski definition) is 0. The summed E-state index contributed by atoms with van der Waals surface area (Å²) in [5, 5.41) is 0. The second-order valence-corrected chi connectivity index (χ2v) is 9.65. The van der Waals surface area contributed by atoms with Crippen molar-refractivity contribution < 1.29 is 17.6 Å². The first kappa shape index (κ1) is 21.5. The number of halogens is 1. The molecule has 3 rings (SSSR count). The lowest BCUT2D eigenvalue weighted by Crippen LogP contribution is -2.43. The third-order valence-electron chi connectivity index (χ3n) is 5.66. The molecule has 156 valence electrons. The average Bonchev–Trinajstić information content (AvgIpc) is 2.71. The fourth-order valence-electron chi connectivity index (χ4n) is 3.64. The Kier molecular flexibility index (Phi) is 6.39. The van der Waals surface area contributed by atoms with Crippen LogP contribution in [0.2, 0.25) is 0 Å². The van der Waals surface area contributed by atoms with Gasteiger partial charge in [0.1, 0.15) is 5.82 Å². The maximum Gasteiger partial charge on any atom is 0.243 e. The number of nitrogens with zero attached hydrogens (tertiary/aromatic N) is 2. The molecule has 0 atom stereocenters.